The molecule has 5 nitrogen and oxygen atoms in total. The van der Waals surface area contributed by atoms with Crippen molar-refractivity contribution in [2.45, 2.75) is 6.92 Å². The van der Waals surface area contributed by atoms with Crippen LogP contribution in [0.2, 0.25) is 5.02 Å². The molecule has 0 N–H and O–H groups in total. The molecule has 0 saturated carbocycles. The van der Waals surface area contributed by atoms with Crippen LogP contribution < -0.4 is 0 Å². The minimum Gasteiger partial charge on any atom is -0.464 e. The van der Waals surface area contributed by atoms with Crippen LogP contribution in [0.5, 0.6) is 0 Å². The molecule has 0 aliphatic carbocycles. The molecule has 0 aliphatic heterocycles. The van der Waals surface area contributed by atoms with Crippen LogP contribution in [0.4, 0.5) is 0 Å². The van der Waals surface area contributed by atoms with Crippen LogP contribution in [0.15, 0.2) is 18.3 Å². The van der Waals surface area contributed by atoms with E-state index < -0.39 is 5.97 Å². The molecule has 0 aromatic carbocycles. The molecule has 0 aliphatic rings. The fraction of sp³-hybridized carbons (Fsp3) is 0.167. The zero-order valence-electron chi connectivity index (χ0n) is 10.1. The van der Waals surface area contributed by atoms with Crippen molar-refractivity contribution >= 4 is 34.7 Å². The van der Waals surface area contributed by atoms with Crippen LogP contribution in [0.25, 0.3) is 10.7 Å². The summed E-state index contributed by atoms with van der Waals surface area (Å²) in [5.74, 6) is -0.907. The van der Waals surface area contributed by atoms with Gasteiger partial charge in [0.25, 0.3) is 0 Å². The first kappa shape index (κ1) is 13.6. The second kappa shape index (κ2) is 5.46. The maximum atomic E-state index is 11.6. The molecule has 0 saturated heterocycles. The number of ether oxygens (including phenoxy) is 1. The molecule has 98 valence electrons. The Kier molecular flexibility index (Phi) is 3.92. The van der Waals surface area contributed by atoms with E-state index in [1.807, 2.05) is 0 Å². The van der Waals surface area contributed by atoms with Gasteiger partial charge in [0.1, 0.15) is 15.6 Å². The summed E-state index contributed by atoms with van der Waals surface area (Å²) in [6.07, 6.45) is 1.56. The first-order valence-corrected chi connectivity index (χ1v) is 6.45. The number of rotatable bonds is 3. The van der Waals surface area contributed by atoms with E-state index in [2.05, 4.69) is 14.7 Å². The molecule has 0 bridgehead atoms. The van der Waals surface area contributed by atoms with E-state index >= 15 is 0 Å². The van der Waals surface area contributed by atoms with E-state index in [-0.39, 0.29) is 16.4 Å². The summed E-state index contributed by atoms with van der Waals surface area (Å²) in [6, 6.07) is 3.35. The third kappa shape index (κ3) is 2.64. The SMILES string of the molecule is COC(=O)c1nc(-c2ncccc2Cl)sc1C(C)=O. The van der Waals surface area contributed by atoms with E-state index in [1.165, 1.54) is 14.0 Å². The number of hydrogen-bond acceptors (Lipinski definition) is 6. The van der Waals surface area contributed by atoms with Crippen molar-refractivity contribution in [2.24, 2.45) is 0 Å². The minimum atomic E-state index is -0.653. The number of thiazole rings is 1. The van der Waals surface area contributed by atoms with Gasteiger partial charge in [-0.05, 0) is 12.1 Å². The highest BCUT2D eigenvalue weighted by Crippen LogP contribution is 2.31. The van der Waals surface area contributed by atoms with Gasteiger partial charge in [-0.15, -0.1) is 11.3 Å². The van der Waals surface area contributed by atoms with Crippen LogP contribution >= 0.6 is 22.9 Å². The number of esters is 1. The Morgan fingerprint density at radius 1 is 1.42 bits per heavy atom. The zero-order chi connectivity index (χ0) is 14.0. The number of aromatic nitrogens is 2. The highest BCUT2D eigenvalue weighted by Gasteiger charge is 2.23. The quantitative estimate of drug-likeness (QED) is 0.643. The average molecular weight is 297 g/mol. The van der Waals surface area contributed by atoms with E-state index in [0.717, 1.165) is 11.3 Å². The summed E-state index contributed by atoms with van der Waals surface area (Å²) in [6.45, 7) is 1.36. The van der Waals surface area contributed by atoms with Crippen LogP contribution in [-0.4, -0.2) is 28.8 Å². The summed E-state index contributed by atoms with van der Waals surface area (Å²) < 4.78 is 4.61. The molecule has 2 heterocycles. The van der Waals surface area contributed by atoms with E-state index in [1.54, 1.807) is 18.3 Å². The molecule has 7 heteroatoms. The lowest BCUT2D eigenvalue weighted by molar-refractivity contribution is 0.0591. The third-order valence-electron chi connectivity index (χ3n) is 2.29. The van der Waals surface area contributed by atoms with Crippen LogP contribution in [0, 0.1) is 0 Å². The fourth-order valence-electron chi connectivity index (χ4n) is 1.44. The monoisotopic (exact) mass is 296 g/mol. The standard InChI is InChI=1S/C12H9ClN2O3S/c1-6(16)10-9(12(17)18-2)15-11(19-10)8-7(13)4-3-5-14-8/h3-5H,1-2H3. The molecule has 2 aromatic rings. The number of ketones is 1. The van der Waals surface area contributed by atoms with E-state index in [4.69, 9.17) is 11.6 Å². The zero-order valence-corrected chi connectivity index (χ0v) is 11.7. The van der Waals surface area contributed by atoms with Crippen molar-refractivity contribution in [1.29, 1.82) is 0 Å². The lowest BCUT2D eigenvalue weighted by Gasteiger charge is -1.97. The predicted molar refractivity (Wildman–Crippen MR) is 71.7 cm³/mol. The number of methoxy groups -OCH3 is 1. The highest BCUT2D eigenvalue weighted by molar-refractivity contribution is 7.17. The Hall–Kier alpha value is -1.79. The smallest absolute Gasteiger partial charge is 0.358 e. The van der Waals surface area contributed by atoms with Crippen molar-refractivity contribution in [1.82, 2.24) is 9.97 Å². The van der Waals surface area contributed by atoms with Gasteiger partial charge in [0, 0.05) is 13.1 Å². The summed E-state index contributed by atoms with van der Waals surface area (Å²) in [5, 5.41) is 0.818. The maximum absolute atomic E-state index is 11.6. The molecular formula is C12H9ClN2O3S. The first-order chi connectivity index (χ1) is 9.04. The first-order valence-electron chi connectivity index (χ1n) is 5.25. The van der Waals surface area contributed by atoms with Gasteiger partial charge in [0.05, 0.1) is 12.1 Å². The Morgan fingerprint density at radius 2 is 2.16 bits per heavy atom. The third-order valence-corrected chi connectivity index (χ3v) is 3.75. The van der Waals surface area contributed by atoms with Crippen molar-refractivity contribution in [2.75, 3.05) is 7.11 Å². The number of pyridine rings is 1. The Bertz CT molecular complexity index is 654. The van der Waals surface area contributed by atoms with Gasteiger partial charge in [-0.3, -0.25) is 9.78 Å². The Morgan fingerprint density at radius 3 is 2.74 bits per heavy atom. The molecule has 0 fully saturated rings. The van der Waals surface area contributed by atoms with Crippen molar-refractivity contribution in [3.05, 3.63) is 33.9 Å². The number of halogens is 1. The fourth-order valence-corrected chi connectivity index (χ4v) is 2.66. The lowest BCUT2D eigenvalue weighted by atomic mass is 10.3. The van der Waals surface area contributed by atoms with Gasteiger partial charge in [0.15, 0.2) is 11.5 Å². The minimum absolute atomic E-state index is 0.00304. The molecule has 2 rings (SSSR count). The Balaban J connectivity index is 2.58. The summed E-state index contributed by atoms with van der Waals surface area (Å²) in [4.78, 5) is 31.6. The molecule has 0 atom stereocenters. The largest absolute Gasteiger partial charge is 0.464 e. The molecule has 0 spiro atoms. The van der Waals surface area contributed by atoms with Crippen LogP contribution in [-0.2, 0) is 4.74 Å². The predicted octanol–water partition coefficient (Wildman–Crippen LogP) is 2.85. The second-order valence-electron chi connectivity index (χ2n) is 3.58. The van der Waals surface area contributed by atoms with Gasteiger partial charge >= 0.3 is 5.97 Å². The molecule has 0 radical (unpaired) electrons. The molecule has 0 unspecified atom stereocenters. The number of nitrogens with zero attached hydrogens (tertiary/aromatic N) is 2. The van der Waals surface area contributed by atoms with Gasteiger partial charge in [0.2, 0.25) is 0 Å². The number of carbonyl (C=O) groups is 2. The Labute approximate surface area is 118 Å². The van der Waals surface area contributed by atoms with E-state index in [0.29, 0.717) is 15.7 Å². The van der Waals surface area contributed by atoms with Crippen molar-refractivity contribution in [3.8, 4) is 10.7 Å². The van der Waals surface area contributed by atoms with Crippen molar-refractivity contribution < 1.29 is 14.3 Å². The molecule has 19 heavy (non-hydrogen) atoms. The summed E-state index contributed by atoms with van der Waals surface area (Å²) in [5.41, 5.74) is 0.434. The van der Waals surface area contributed by atoms with Crippen molar-refractivity contribution in [3.63, 3.8) is 0 Å². The summed E-state index contributed by atoms with van der Waals surface area (Å²) >= 11 is 7.09. The topological polar surface area (TPSA) is 69.2 Å². The lowest BCUT2D eigenvalue weighted by Crippen LogP contribution is -2.06. The normalized spacial score (nSPS) is 10.3. The van der Waals surface area contributed by atoms with E-state index in [9.17, 15) is 9.59 Å². The summed E-state index contributed by atoms with van der Waals surface area (Å²) in [7, 11) is 1.24. The van der Waals surface area contributed by atoms with Crippen LogP contribution in [0.1, 0.15) is 27.1 Å². The van der Waals surface area contributed by atoms with Gasteiger partial charge in [-0.1, -0.05) is 11.6 Å². The number of carbonyl (C=O) groups excluding carboxylic acids is 2. The second-order valence-corrected chi connectivity index (χ2v) is 4.98. The average Bonchev–Trinajstić information content (AvgIpc) is 2.83. The number of Topliss-reactive ketones (excluding diaryl/α,β-unsaturated/α-hetero) is 1. The van der Waals surface area contributed by atoms with Gasteiger partial charge in [-0.25, -0.2) is 9.78 Å². The molecule has 2 aromatic heterocycles. The molecule has 0 amide bonds. The van der Waals surface area contributed by atoms with Gasteiger partial charge in [-0.2, -0.15) is 0 Å². The number of hydrogen-bond donors (Lipinski definition) is 0. The van der Waals surface area contributed by atoms with Crippen LogP contribution in [0.3, 0.4) is 0 Å². The van der Waals surface area contributed by atoms with Gasteiger partial charge < -0.3 is 4.74 Å². The molecular weight excluding hydrogens is 288 g/mol. The highest BCUT2D eigenvalue weighted by atomic mass is 35.5. The maximum Gasteiger partial charge on any atom is 0.358 e.